The maximum absolute atomic E-state index is 11.1. The van der Waals surface area contributed by atoms with Gasteiger partial charge in [0.15, 0.2) is 16.6 Å². The van der Waals surface area contributed by atoms with E-state index in [1.807, 2.05) is 0 Å². The van der Waals surface area contributed by atoms with Gasteiger partial charge in [-0.3, -0.25) is 0 Å². The minimum absolute atomic E-state index is 0.323. The molecule has 0 saturated heterocycles. The molecule has 0 aliphatic heterocycles. The fourth-order valence-electron chi connectivity index (χ4n) is 2.68. The zero-order valence-electron chi connectivity index (χ0n) is 17.1. The van der Waals surface area contributed by atoms with Crippen LogP contribution in [-0.4, -0.2) is 42.2 Å². The molecule has 0 aromatic carbocycles. The average molecular weight is 419 g/mol. The summed E-state index contributed by atoms with van der Waals surface area (Å²) in [6.45, 7) is 16.1. The maximum atomic E-state index is 11.1. The Morgan fingerprint density at radius 3 is 1.52 bits per heavy atom. The summed E-state index contributed by atoms with van der Waals surface area (Å²) in [5.41, 5.74) is 0. The fraction of sp³-hybridized carbons (Fsp3) is 0.667. The third kappa shape index (κ3) is 15.2. The van der Waals surface area contributed by atoms with Crippen molar-refractivity contribution in [1.29, 1.82) is 0 Å². The van der Waals surface area contributed by atoms with Crippen molar-refractivity contribution in [2.24, 2.45) is 0 Å². The summed E-state index contributed by atoms with van der Waals surface area (Å²) in [5, 5.41) is 0. The lowest BCUT2D eigenvalue weighted by molar-refractivity contribution is 0.0829. The summed E-state index contributed by atoms with van der Waals surface area (Å²) in [6, 6.07) is 1.99. The first-order chi connectivity index (χ1) is 12.6. The molecule has 0 amide bonds. The van der Waals surface area contributed by atoms with E-state index in [1.54, 1.807) is 0 Å². The molecule has 0 fully saturated rings. The SMILES string of the molecule is C=COC(=O)OCCCC[Si](C)(CCCCOC(=O)OC=C)O[Si](C)(C)C. The van der Waals surface area contributed by atoms with Gasteiger partial charge in [-0.2, -0.15) is 0 Å². The predicted octanol–water partition coefficient (Wildman–Crippen LogP) is 5.57. The van der Waals surface area contributed by atoms with Crippen molar-refractivity contribution in [3.63, 3.8) is 0 Å². The van der Waals surface area contributed by atoms with Crippen molar-refractivity contribution in [3.05, 3.63) is 25.7 Å². The minimum Gasteiger partial charge on any atom is -0.456 e. The number of rotatable bonds is 14. The van der Waals surface area contributed by atoms with Crippen LogP contribution in [-0.2, 0) is 23.1 Å². The van der Waals surface area contributed by atoms with Gasteiger partial charge < -0.3 is 23.1 Å². The molecule has 7 nitrogen and oxygen atoms in total. The molecular formula is C18H34O7Si2. The summed E-state index contributed by atoms with van der Waals surface area (Å²) < 4.78 is 25.4. The van der Waals surface area contributed by atoms with Crippen molar-refractivity contribution in [2.75, 3.05) is 13.2 Å². The summed E-state index contributed by atoms with van der Waals surface area (Å²) in [7, 11) is -3.54. The van der Waals surface area contributed by atoms with Crippen molar-refractivity contribution in [2.45, 2.75) is 64.0 Å². The smallest absolute Gasteiger partial charge is 0.456 e. The van der Waals surface area contributed by atoms with Gasteiger partial charge in [0.2, 0.25) is 0 Å². The fourth-order valence-corrected chi connectivity index (χ4v) is 11.7. The Morgan fingerprint density at radius 2 is 1.19 bits per heavy atom. The van der Waals surface area contributed by atoms with Crippen LogP contribution in [0.4, 0.5) is 9.59 Å². The van der Waals surface area contributed by atoms with E-state index in [4.69, 9.17) is 13.6 Å². The molecule has 0 spiro atoms. The number of carbonyl (C=O) groups is 2. The molecular weight excluding hydrogens is 384 g/mol. The Hall–Kier alpha value is -1.59. The average Bonchev–Trinajstić information content (AvgIpc) is 2.53. The molecule has 0 saturated carbocycles. The zero-order chi connectivity index (χ0) is 20.8. The monoisotopic (exact) mass is 418 g/mol. The van der Waals surface area contributed by atoms with Crippen LogP contribution in [0, 0.1) is 0 Å². The van der Waals surface area contributed by atoms with Crippen LogP contribution in [0.3, 0.4) is 0 Å². The largest absolute Gasteiger partial charge is 0.513 e. The summed E-state index contributed by atoms with van der Waals surface area (Å²) in [6.07, 6.45) is 4.04. The van der Waals surface area contributed by atoms with Crippen molar-refractivity contribution in [3.8, 4) is 0 Å². The van der Waals surface area contributed by atoms with Crippen LogP contribution in [0.2, 0.25) is 38.3 Å². The second kappa shape index (κ2) is 13.6. The van der Waals surface area contributed by atoms with E-state index in [-0.39, 0.29) is 0 Å². The van der Waals surface area contributed by atoms with Gasteiger partial charge in [-0.25, -0.2) is 9.59 Å². The third-order valence-corrected chi connectivity index (χ3v) is 10.8. The van der Waals surface area contributed by atoms with Crippen LogP contribution in [0.5, 0.6) is 0 Å². The van der Waals surface area contributed by atoms with Crippen LogP contribution >= 0.6 is 0 Å². The molecule has 156 valence electrons. The molecule has 0 heterocycles. The molecule has 0 atom stereocenters. The van der Waals surface area contributed by atoms with Gasteiger partial charge in [0.1, 0.15) is 0 Å². The topological polar surface area (TPSA) is 80.3 Å². The Bertz CT molecular complexity index is 443. The summed E-state index contributed by atoms with van der Waals surface area (Å²) in [4.78, 5) is 22.2. The van der Waals surface area contributed by atoms with E-state index < -0.39 is 28.9 Å². The summed E-state index contributed by atoms with van der Waals surface area (Å²) in [5.74, 6) is 0. The van der Waals surface area contributed by atoms with Gasteiger partial charge in [0.05, 0.1) is 25.7 Å². The molecule has 0 rings (SSSR count). The van der Waals surface area contributed by atoms with Crippen molar-refractivity contribution >= 4 is 28.9 Å². The van der Waals surface area contributed by atoms with Crippen LogP contribution in [0.15, 0.2) is 25.7 Å². The zero-order valence-corrected chi connectivity index (χ0v) is 19.1. The van der Waals surface area contributed by atoms with E-state index >= 15 is 0 Å². The quantitative estimate of drug-likeness (QED) is 0.158. The molecule has 0 aliphatic rings. The predicted molar refractivity (Wildman–Crippen MR) is 109 cm³/mol. The van der Waals surface area contributed by atoms with Crippen LogP contribution < -0.4 is 0 Å². The molecule has 0 aliphatic carbocycles. The Labute approximate surface area is 164 Å². The number of unbranched alkanes of at least 4 members (excludes halogenated alkanes) is 2. The molecule has 0 N–H and O–H groups in total. The van der Waals surface area contributed by atoms with Gasteiger partial charge >= 0.3 is 12.3 Å². The van der Waals surface area contributed by atoms with Gasteiger partial charge in [0, 0.05) is 0 Å². The lowest BCUT2D eigenvalue weighted by Crippen LogP contribution is -2.44. The lowest BCUT2D eigenvalue weighted by atomic mass is 10.3. The van der Waals surface area contributed by atoms with Gasteiger partial charge in [0.25, 0.3) is 0 Å². The number of ether oxygens (including phenoxy) is 4. The molecule has 0 bridgehead atoms. The normalized spacial score (nSPS) is 11.4. The van der Waals surface area contributed by atoms with E-state index in [0.29, 0.717) is 13.2 Å². The molecule has 0 aromatic rings. The first kappa shape index (κ1) is 25.4. The second-order valence-electron chi connectivity index (χ2n) is 7.34. The minimum atomic E-state index is -1.88. The third-order valence-electron chi connectivity index (χ3n) is 3.55. The van der Waals surface area contributed by atoms with Crippen molar-refractivity contribution in [1.82, 2.24) is 0 Å². The van der Waals surface area contributed by atoms with Gasteiger partial charge in [-0.1, -0.05) is 26.0 Å². The second-order valence-corrected chi connectivity index (χ2v) is 16.3. The first-order valence-electron chi connectivity index (χ1n) is 9.21. The molecule has 0 radical (unpaired) electrons. The van der Waals surface area contributed by atoms with E-state index in [2.05, 4.69) is 48.8 Å². The standard InChI is InChI=1S/C18H34O7Si2/c1-7-21-17(19)23-13-9-11-15-27(6,25-26(3,4)5)16-12-10-14-24-18(20)22-8-2/h7-8H,1-2,9-16H2,3-6H3. The van der Waals surface area contributed by atoms with E-state index in [1.165, 1.54) is 0 Å². The molecule has 9 heteroatoms. The molecule has 0 unspecified atom stereocenters. The van der Waals surface area contributed by atoms with Crippen molar-refractivity contribution < 1.29 is 32.7 Å². The van der Waals surface area contributed by atoms with Gasteiger partial charge in [-0.15, -0.1) is 0 Å². The van der Waals surface area contributed by atoms with Gasteiger partial charge in [-0.05, 0) is 51.1 Å². The van der Waals surface area contributed by atoms with Crippen LogP contribution in [0.25, 0.3) is 0 Å². The molecule has 0 aromatic heterocycles. The maximum Gasteiger partial charge on any atom is 0.513 e. The molecule has 27 heavy (non-hydrogen) atoms. The first-order valence-corrected chi connectivity index (χ1v) is 15.4. The highest BCUT2D eigenvalue weighted by Gasteiger charge is 2.33. The number of carbonyl (C=O) groups excluding carboxylic acids is 2. The van der Waals surface area contributed by atoms with Crippen LogP contribution in [0.1, 0.15) is 25.7 Å². The highest BCUT2D eigenvalue weighted by atomic mass is 28.4. The van der Waals surface area contributed by atoms with E-state index in [9.17, 15) is 9.59 Å². The highest BCUT2D eigenvalue weighted by molar-refractivity contribution is 6.84. The number of hydrogen-bond donors (Lipinski definition) is 0. The Morgan fingerprint density at radius 1 is 0.778 bits per heavy atom. The van der Waals surface area contributed by atoms with E-state index in [0.717, 1.165) is 50.3 Å². The lowest BCUT2D eigenvalue weighted by Gasteiger charge is -2.35. The number of hydrogen-bond acceptors (Lipinski definition) is 7. The summed E-state index contributed by atoms with van der Waals surface area (Å²) >= 11 is 0. The highest BCUT2D eigenvalue weighted by Crippen LogP contribution is 2.27. The Balaban J connectivity index is 4.26. The Kier molecular flexibility index (Phi) is 12.8.